The third kappa shape index (κ3) is 3.15. The number of fused-ring (bicyclic) bond motifs is 1. The van der Waals surface area contributed by atoms with E-state index >= 15 is 0 Å². The van der Waals surface area contributed by atoms with Crippen LogP contribution in [0, 0.1) is 0 Å². The molecule has 1 amide bonds. The first kappa shape index (κ1) is 7.50. The van der Waals surface area contributed by atoms with Gasteiger partial charge in [0.15, 0.2) is 20.1 Å². The quantitative estimate of drug-likeness (QED) is 0.693. The molecule has 3 aromatic rings. The molecule has 1 aromatic carbocycles. The van der Waals surface area contributed by atoms with Gasteiger partial charge >= 0.3 is 0 Å². The molecule has 0 unspecified atom stereocenters. The Kier molecular flexibility index (Phi) is 1.94. The topological polar surface area (TPSA) is 107 Å². The van der Waals surface area contributed by atoms with Gasteiger partial charge in [-0.2, -0.15) is 4.98 Å². The maximum atomic E-state index is 13.3. The van der Waals surface area contributed by atoms with Gasteiger partial charge in [0.25, 0.3) is 5.91 Å². The molecule has 0 bridgehead atoms. The lowest BCUT2D eigenvalue weighted by Gasteiger charge is -2.34. The molecule has 2 aromatic heterocycles. The first-order valence-corrected chi connectivity index (χ1v) is 7.55. The maximum absolute atomic E-state index is 13.3. The molecule has 9 heteroatoms. The van der Waals surface area contributed by atoms with Gasteiger partial charge < -0.3 is 29.4 Å². The standard InChI is InChI=1S/C19H21N5O4/c1-26-15-10-12-13(11-16(15)27-2)21-19(22-17(12)20)24-7-5-23(6-8-24)18(25)14-4-3-9-28-14/h3-4,9-11H,5-8H2,1-2H3,(H2,20,21,22)/i3D,4D,5D2,6D2,7D2,8D2,9D,10D,11D/hD2. The molecule has 146 valence electrons. The summed E-state index contributed by atoms with van der Waals surface area (Å²) in [6, 6.07) is -3.17. The number of aromatic nitrogens is 2. The van der Waals surface area contributed by atoms with E-state index < -0.39 is 95.6 Å². The van der Waals surface area contributed by atoms with Crippen LogP contribution in [0.15, 0.2) is 34.8 Å². The van der Waals surface area contributed by atoms with E-state index in [1.807, 2.05) is 0 Å². The van der Waals surface area contributed by atoms with Crippen LogP contribution in [0.25, 0.3) is 10.9 Å². The number of ether oxygens (including phenoxy) is 2. The highest BCUT2D eigenvalue weighted by molar-refractivity contribution is 5.92. The Morgan fingerprint density at radius 3 is 2.64 bits per heavy atom. The number of carbonyl (C=O) groups is 1. The Morgan fingerprint density at radius 2 is 2.00 bits per heavy atom. The van der Waals surface area contributed by atoms with Crippen molar-refractivity contribution in [3.63, 3.8) is 0 Å². The molecular formula is C19H21N5O4. The Morgan fingerprint density at radius 1 is 1.25 bits per heavy atom. The minimum atomic E-state index is -3.84. The van der Waals surface area contributed by atoms with Crippen molar-refractivity contribution in [2.24, 2.45) is 0 Å². The van der Waals surface area contributed by atoms with Crippen LogP contribution >= 0.6 is 0 Å². The highest BCUT2D eigenvalue weighted by Gasteiger charge is 2.25. The summed E-state index contributed by atoms with van der Waals surface area (Å²) in [4.78, 5) is 20.4. The Labute approximate surface area is 182 Å². The van der Waals surface area contributed by atoms with Crippen LogP contribution in [-0.2, 0) is 0 Å². The fraction of sp³-hybridized carbons (Fsp3) is 0.316. The van der Waals surface area contributed by atoms with E-state index in [4.69, 9.17) is 34.5 Å². The summed E-state index contributed by atoms with van der Waals surface area (Å²) in [6.07, 6.45) is -1.00. The van der Waals surface area contributed by atoms with Crippen molar-refractivity contribution in [2.75, 3.05) is 50.8 Å². The number of hydrogen-bond acceptors (Lipinski definition) is 8. The smallest absolute Gasteiger partial charge is 0.289 e. The molecule has 1 fully saturated rings. The highest BCUT2D eigenvalue weighted by Crippen LogP contribution is 2.34. The van der Waals surface area contributed by atoms with Crippen molar-refractivity contribution in [3.05, 3.63) is 36.2 Å². The lowest BCUT2D eigenvalue weighted by Crippen LogP contribution is -2.49. The van der Waals surface area contributed by atoms with E-state index in [2.05, 4.69) is 9.97 Å². The molecule has 1 saturated heterocycles. The molecule has 9 nitrogen and oxygen atoms in total. The summed E-state index contributed by atoms with van der Waals surface area (Å²) in [7, 11) is 2.27. The number of methoxy groups -OCH3 is 2. The number of hydrogen-bond donors (Lipinski definition) is 1. The van der Waals surface area contributed by atoms with Crippen LogP contribution in [0.3, 0.4) is 0 Å². The predicted molar refractivity (Wildman–Crippen MR) is 104 cm³/mol. The van der Waals surface area contributed by atoms with Crippen molar-refractivity contribution in [2.45, 2.75) is 0 Å². The number of nitrogens with zero attached hydrogens (tertiary/aromatic N) is 4. The summed E-state index contributed by atoms with van der Waals surface area (Å²) in [5.74, 6) is -5.78. The lowest BCUT2D eigenvalue weighted by molar-refractivity contribution is 0.0714. The minimum absolute atomic E-state index is 0.172. The molecule has 28 heavy (non-hydrogen) atoms. The van der Waals surface area contributed by atoms with E-state index in [0.717, 1.165) is 14.2 Å². The number of carbonyl (C=O) groups excluding carboxylic acids is 1. The first-order chi connectivity index (χ1) is 19.6. The Balaban J connectivity index is 2.05. The summed E-state index contributed by atoms with van der Waals surface area (Å²) in [6.45, 7) is -15.3. The van der Waals surface area contributed by atoms with Crippen LogP contribution in [0.2, 0.25) is 2.82 Å². The maximum Gasteiger partial charge on any atom is 0.289 e. The highest BCUT2D eigenvalue weighted by atomic mass is 16.5. The van der Waals surface area contributed by atoms with Crippen LogP contribution in [0.1, 0.15) is 28.4 Å². The second kappa shape index (κ2) is 7.26. The zero-order valence-electron chi connectivity index (χ0n) is 29.4. The predicted octanol–water partition coefficient (Wildman–Crippen LogP) is 1.78. The summed E-state index contributed by atoms with van der Waals surface area (Å²) in [5.41, 5.74) is -0.770. The zero-order valence-corrected chi connectivity index (χ0v) is 14.4. The summed E-state index contributed by atoms with van der Waals surface area (Å²) < 4.78 is 139. The van der Waals surface area contributed by atoms with E-state index in [1.165, 1.54) is 0 Å². The normalized spacial score (nSPS) is 29.1. The van der Waals surface area contributed by atoms with E-state index in [-0.39, 0.29) is 22.1 Å². The number of rotatable bonds is 5. The van der Waals surface area contributed by atoms with Crippen molar-refractivity contribution in [1.82, 2.24) is 14.9 Å². The van der Waals surface area contributed by atoms with Gasteiger partial charge in [-0.15, -0.1) is 0 Å². The molecule has 0 radical (unpaired) electrons. The van der Waals surface area contributed by atoms with Crippen LogP contribution in [-0.4, -0.2) is 61.0 Å². The fourth-order valence-corrected chi connectivity index (χ4v) is 2.21. The first-order valence-electron chi connectivity index (χ1n) is 14.9. The van der Waals surface area contributed by atoms with Crippen LogP contribution < -0.4 is 20.1 Å². The van der Waals surface area contributed by atoms with E-state index in [1.54, 1.807) is 0 Å². The number of benzene rings is 1. The van der Waals surface area contributed by atoms with Gasteiger partial charge in [0.2, 0.25) is 5.95 Å². The zero-order chi connectivity index (χ0) is 32.8. The average molecular weight is 398 g/mol. The second-order valence-electron chi connectivity index (χ2n) is 5.09. The molecule has 0 saturated carbocycles. The third-order valence-electron chi connectivity index (χ3n) is 3.49. The van der Waals surface area contributed by atoms with Gasteiger partial charge in [-0.1, -0.05) is 0 Å². The van der Waals surface area contributed by atoms with Gasteiger partial charge in [-0.25, -0.2) is 4.98 Å². The summed E-state index contributed by atoms with van der Waals surface area (Å²) in [5, 5.41) is -0.462. The average Bonchev–Trinajstić information content (AvgIpc) is 3.15. The number of furan rings is 1. The third-order valence-corrected chi connectivity index (χ3v) is 3.49. The van der Waals surface area contributed by atoms with Gasteiger partial charge in [0.05, 0.1) is 42.4 Å². The molecule has 0 spiro atoms. The van der Waals surface area contributed by atoms with Gasteiger partial charge in [0, 0.05) is 37.4 Å². The molecular weight excluding hydrogens is 362 g/mol. The van der Waals surface area contributed by atoms with E-state index in [9.17, 15) is 4.79 Å². The molecule has 0 aliphatic carbocycles. The van der Waals surface area contributed by atoms with Crippen molar-refractivity contribution in [3.8, 4) is 11.5 Å². The Bertz CT molecular complexity index is 1620. The molecule has 3 heterocycles. The number of piperazine rings is 1. The van der Waals surface area contributed by atoms with Gasteiger partial charge in [0.1, 0.15) is 7.19 Å². The van der Waals surface area contributed by atoms with Crippen LogP contribution in [0.5, 0.6) is 11.5 Å². The lowest BCUT2D eigenvalue weighted by atomic mass is 10.2. The number of nitrogen functional groups attached to an aromatic ring is 1. The SMILES string of the molecule is [2H]c1oc(C(=O)N2C([2H])([2H])C([2H])([2H])N(c3nc(N([2H])[2H])c4c([2H])c(OC)c(OC)c([2H])c4n3)C([2H])([2H])C2([2H])[2H])c([2H])c1[2H]. The van der Waals surface area contributed by atoms with Crippen molar-refractivity contribution < 1.29 is 39.3 Å². The molecule has 1 aliphatic rings. The molecule has 1 aliphatic heterocycles. The minimum Gasteiger partial charge on any atom is -0.493 e. The number of amides is 1. The largest absolute Gasteiger partial charge is 0.493 e. The van der Waals surface area contributed by atoms with Gasteiger partial charge in [-0.05, 0) is 18.1 Å². The molecule has 0 atom stereocenters. The van der Waals surface area contributed by atoms with E-state index in [0.29, 0.717) is 0 Å². The number of anilines is 2. The monoisotopic (exact) mass is 398 g/mol. The summed E-state index contributed by atoms with van der Waals surface area (Å²) >= 11 is 0. The second-order valence-corrected chi connectivity index (χ2v) is 5.09. The Hall–Kier alpha value is -3.49. The molecule has 2 N–H and O–H groups in total. The fourth-order valence-electron chi connectivity index (χ4n) is 2.21. The van der Waals surface area contributed by atoms with Crippen molar-refractivity contribution >= 4 is 28.6 Å². The number of nitrogens with two attached hydrogens (primary N) is 1. The van der Waals surface area contributed by atoms with Crippen LogP contribution in [0.4, 0.5) is 11.8 Å². The molecule has 4 rings (SSSR count). The van der Waals surface area contributed by atoms with Gasteiger partial charge in [-0.3, -0.25) is 4.79 Å². The van der Waals surface area contributed by atoms with Crippen molar-refractivity contribution in [1.29, 1.82) is 0 Å².